The minimum absolute atomic E-state index is 0.281. The van der Waals surface area contributed by atoms with Gasteiger partial charge in [-0.25, -0.2) is 4.90 Å². The molecule has 2 amide bonds. The highest BCUT2D eigenvalue weighted by molar-refractivity contribution is 6.45. The van der Waals surface area contributed by atoms with Crippen molar-refractivity contribution >= 4 is 23.1 Å². The van der Waals surface area contributed by atoms with Crippen LogP contribution in [0.4, 0.5) is 5.69 Å². The number of ether oxygens (including phenoxy) is 2. The van der Waals surface area contributed by atoms with E-state index in [-0.39, 0.29) is 11.8 Å². The molecule has 31 heavy (non-hydrogen) atoms. The second-order valence-electron chi connectivity index (χ2n) is 8.02. The molecule has 1 atom stereocenters. The molecule has 162 valence electrons. The number of amides is 2. The van der Waals surface area contributed by atoms with E-state index in [0.29, 0.717) is 35.2 Å². The van der Waals surface area contributed by atoms with Crippen LogP contribution in [0.3, 0.4) is 0 Å². The minimum atomic E-state index is -0.310. The van der Waals surface area contributed by atoms with Crippen LogP contribution in [0.15, 0.2) is 54.2 Å². The van der Waals surface area contributed by atoms with Crippen molar-refractivity contribution in [3.63, 3.8) is 0 Å². The third-order valence-corrected chi connectivity index (χ3v) is 5.80. The minimum Gasteiger partial charge on any atom is -0.497 e. The number of likely N-dealkylation sites (tertiary alicyclic amines) is 1. The fraction of sp³-hybridized carbons (Fsp3) is 0.360. The van der Waals surface area contributed by atoms with E-state index in [1.807, 2.05) is 31.2 Å². The third-order valence-electron chi connectivity index (χ3n) is 5.80. The summed E-state index contributed by atoms with van der Waals surface area (Å²) >= 11 is 0. The molecular formula is C25H28N2O4. The normalized spacial score (nSPS) is 19.3. The van der Waals surface area contributed by atoms with Crippen molar-refractivity contribution in [1.29, 1.82) is 0 Å². The van der Waals surface area contributed by atoms with Crippen LogP contribution in [0.25, 0.3) is 5.57 Å². The van der Waals surface area contributed by atoms with Gasteiger partial charge in [0.15, 0.2) is 0 Å². The fourth-order valence-electron chi connectivity index (χ4n) is 4.33. The number of hydrogen-bond donors (Lipinski definition) is 0. The molecule has 2 aromatic rings. The zero-order valence-corrected chi connectivity index (χ0v) is 18.3. The summed E-state index contributed by atoms with van der Waals surface area (Å²) in [6.45, 7) is 6.22. The Balaban J connectivity index is 1.79. The maximum absolute atomic E-state index is 13.6. The molecule has 0 saturated carbocycles. The number of piperidine rings is 1. The van der Waals surface area contributed by atoms with Crippen LogP contribution in [-0.4, -0.2) is 43.5 Å². The summed E-state index contributed by atoms with van der Waals surface area (Å²) in [4.78, 5) is 30.6. The topological polar surface area (TPSA) is 59.1 Å². The number of benzene rings is 2. The average molecular weight is 421 g/mol. The molecule has 2 heterocycles. The quantitative estimate of drug-likeness (QED) is 0.659. The van der Waals surface area contributed by atoms with Crippen LogP contribution in [0.1, 0.15) is 32.3 Å². The van der Waals surface area contributed by atoms with Crippen LogP contribution in [0, 0.1) is 5.92 Å². The van der Waals surface area contributed by atoms with Crippen molar-refractivity contribution in [2.45, 2.75) is 26.7 Å². The van der Waals surface area contributed by atoms with Crippen molar-refractivity contribution in [2.24, 2.45) is 5.92 Å². The van der Waals surface area contributed by atoms with Crippen LogP contribution in [0.5, 0.6) is 11.5 Å². The Morgan fingerprint density at radius 1 is 1.03 bits per heavy atom. The van der Waals surface area contributed by atoms with Gasteiger partial charge in [0, 0.05) is 19.2 Å². The molecule has 2 aliphatic rings. The lowest BCUT2D eigenvalue weighted by atomic mass is 9.97. The summed E-state index contributed by atoms with van der Waals surface area (Å²) in [5.41, 5.74) is 2.17. The van der Waals surface area contributed by atoms with E-state index < -0.39 is 0 Å². The second-order valence-corrected chi connectivity index (χ2v) is 8.02. The van der Waals surface area contributed by atoms with Gasteiger partial charge in [-0.1, -0.05) is 25.1 Å². The standard InChI is InChI=1S/C25H28N2O4/c1-4-31-20-12-10-18(11-13-20)22-23(26-14-6-7-17(2)16-26)25(29)27(24(22)28)19-8-5-9-21(15-19)30-3/h5,8-13,15,17H,4,6-7,14,16H2,1-3H3. The van der Waals surface area contributed by atoms with E-state index in [2.05, 4.69) is 11.8 Å². The molecule has 6 heteroatoms. The number of anilines is 1. The number of methoxy groups -OCH3 is 1. The molecule has 2 aliphatic heterocycles. The lowest BCUT2D eigenvalue weighted by Gasteiger charge is -2.33. The van der Waals surface area contributed by atoms with Gasteiger partial charge in [-0.3, -0.25) is 9.59 Å². The molecule has 2 aromatic carbocycles. The molecule has 0 spiro atoms. The Morgan fingerprint density at radius 3 is 2.48 bits per heavy atom. The highest BCUT2D eigenvalue weighted by atomic mass is 16.5. The number of carbonyl (C=O) groups excluding carboxylic acids is 2. The first-order valence-electron chi connectivity index (χ1n) is 10.8. The van der Waals surface area contributed by atoms with Crippen LogP contribution in [-0.2, 0) is 9.59 Å². The van der Waals surface area contributed by atoms with Gasteiger partial charge in [0.1, 0.15) is 17.2 Å². The Morgan fingerprint density at radius 2 is 1.81 bits per heavy atom. The third kappa shape index (κ3) is 4.02. The first kappa shape index (κ1) is 21.0. The summed E-state index contributed by atoms with van der Waals surface area (Å²) in [6.07, 6.45) is 2.13. The maximum Gasteiger partial charge on any atom is 0.282 e. The van der Waals surface area contributed by atoms with E-state index in [1.165, 1.54) is 4.90 Å². The molecule has 6 nitrogen and oxygen atoms in total. The lowest BCUT2D eigenvalue weighted by molar-refractivity contribution is -0.120. The van der Waals surface area contributed by atoms with Crippen LogP contribution in [0.2, 0.25) is 0 Å². The summed E-state index contributed by atoms with van der Waals surface area (Å²) < 4.78 is 10.8. The van der Waals surface area contributed by atoms with Crippen molar-refractivity contribution in [1.82, 2.24) is 4.90 Å². The molecule has 0 bridgehead atoms. The molecule has 1 fully saturated rings. The van der Waals surface area contributed by atoms with E-state index in [0.717, 1.165) is 37.2 Å². The highest BCUT2D eigenvalue weighted by Gasteiger charge is 2.43. The van der Waals surface area contributed by atoms with Crippen molar-refractivity contribution in [3.05, 3.63) is 59.8 Å². The predicted octanol–water partition coefficient (Wildman–Crippen LogP) is 4.11. The van der Waals surface area contributed by atoms with Crippen molar-refractivity contribution in [2.75, 3.05) is 31.7 Å². The molecule has 0 aromatic heterocycles. The van der Waals surface area contributed by atoms with Crippen LogP contribution < -0.4 is 14.4 Å². The molecule has 0 radical (unpaired) electrons. The summed E-state index contributed by atoms with van der Waals surface area (Å²) in [6, 6.07) is 14.4. The van der Waals surface area contributed by atoms with Gasteiger partial charge >= 0.3 is 0 Å². The summed E-state index contributed by atoms with van der Waals surface area (Å²) in [5, 5.41) is 0. The first-order chi connectivity index (χ1) is 15.0. The first-order valence-corrected chi connectivity index (χ1v) is 10.8. The van der Waals surface area contributed by atoms with Crippen LogP contribution >= 0.6 is 0 Å². The van der Waals surface area contributed by atoms with E-state index >= 15 is 0 Å². The summed E-state index contributed by atoms with van der Waals surface area (Å²) in [7, 11) is 1.57. The number of rotatable bonds is 6. The molecule has 1 saturated heterocycles. The predicted molar refractivity (Wildman–Crippen MR) is 120 cm³/mol. The Hall–Kier alpha value is -3.28. The van der Waals surface area contributed by atoms with E-state index in [1.54, 1.807) is 31.4 Å². The van der Waals surface area contributed by atoms with Crippen molar-refractivity contribution in [3.8, 4) is 11.5 Å². The molecule has 4 rings (SSSR count). The average Bonchev–Trinajstić information content (AvgIpc) is 3.04. The highest BCUT2D eigenvalue weighted by Crippen LogP contribution is 2.37. The zero-order valence-electron chi connectivity index (χ0n) is 18.3. The number of hydrogen-bond acceptors (Lipinski definition) is 5. The van der Waals surface area contributed by atoms with E-state index in [4.69, 9.17) is 9.47 Å². The maximum atomic E-state index is 13.6. The Bertz CT molecular complexity index is 1010. The Kier molecular flexibility index (Phi) is 5.98. The molecule has 0 N–H and O–H groups in total. The van der Waals surface area contributed by atoms with Gasteiger partial charge in [-0.2, -0.15) is 0 Å². The molecular weight excluding hydrogens is 392 g/mol. The fourth-order valence-corrected chi connectivity index (χ4v) is 4.33. The van der Waals surface area contributed by atoms with Gasteiger partial charge in [0.2, 0.25) is 0 Å². The lowest BCUT2D eigenvalue weighted by Crippen LogP contribution is -2.39. The molecule has 1 unspecified atom stereocenters. The molecule has 0 aliphatic carbocycles. The number of nitrogens with zero attached hydrogens (tertiary/aromatic N) is 2. The van der Waals surface area contributed by atoms with Gasteiger partial charge in [0.25, 0.3) is 11.8 Å². The summed E-state index contributed by atoms with van der Waals surface area (Å²) in [5.74, 6) is 1.21. The van der Waals surface area contributed by atoms with E-state index in [9.17, 15) is 9.59 Å². The largest absolute Gasteiger partial charge is 0.497 e. The van der Waals surface area contributed by atoms with Gasteiger partial charge in [-0.15, -0.1) is 0 Å². The van der Waals surface area contributed by atoms with Gasteiger partial charge in [0.05, 0.1) is 25.0 Å². The smallest absolute Gasteiger partial charge is 0.282 e. The van der Waals surface area contributed by atoms with Crippen molar-refractivity contribution < 1.29 is 19.1 Å². The monoisotopic (exact) mass is 420 g/mol. The number of carbonyl (C=O) groups is 2. The van der Waals surface area contributed by atoms with Gasteiger partial charge in [-0.05, 0) is 55.5 Å². The zero-order chi connectivity index (χ0) is 22.0. The number of imide groups is 1. The SMILES string of the molecule is CCOc1ccc(C2=C(N3CCCC(C)C3)C(=O)N(c3cccc(OC)c3)C2=O)cc1. The second kappa shape index (κ2) is 8.84. The Labute approximate surface area is 183 Å². The van der Waals surface area contributed by atoms with Gasteiger partial charge < -0.3 is 14.4 Å².